The fourth-order valence-corrected chi connectivity index (χ4v) is 2.80. The van der Waals surface area contributed by atoms with Crippen LogP contribution in [0.3, 0.4) is 0 Å². The molecule has 1 fully saturated rings. The molecule has 6 nitrogen and oxygen atoms in total. The van der Waals surface area contributed by atoms with Crippen molar-refractivity contribution in [2.24, 2.45) is 5.92 Å². The Bertz CT molecular complexity index is 757. The first-order valence-corrected chi connectivity index (χ1v) is 7.94. The predicted molar refractivity (Wildman–Crippen MR) is 88.6 cm³/mol. The number of carbonyl (C=O) groups excluding carboxylic acids is 1. The first-order chi connectivity index (χ1) is 11.4. The number of amides is 2. The molecule has 1 aliphatic rings. The van der Waals surface area contributed by atoms with E-state index in [0.29, 0.717) is 17.4 Å². The van der Waals surface area contributed by atoms with Gasteiger partial charge in [0.1, 0.15) is 5.82 Å². The van der Waals surface area contributed by atoms with Gasteiger partial charge in [0.05, 0.1) is 17.8 Å². The predicted octanol–water partition coefficient (Wildman–Crippen LogP) is 2.60. The third-order valence-corrected chi connectivity index (χ3v) is 4.39. The van der Waals surface area contributed by atoms with E-state index < -0.39 is 11.6 Å². The Balaban J connectivity index is 1.72. The van der Waals surface area contributed by atoms with Crippen LogP contribution in [0, 0.1) is 18.7 Å². The summed E-state index contributed by atoms with van der Waals surface area (Å²) in [6, 6.07) is 7.37. The maximum absolute atomic E-state index is 13.4. The molecule has 0 radical (unpaired) electrons. The standard InChI is InChI=1S/C17H21FN4O2/c1-11-8-15(21-22(11)14-5-3-4-13(18)9-14)19-16(24)20-17(2,10-23)12-6-7-12/h3-5,8-9,12,23H,6-7,10H2,1-2H3,(H2,19,20,21,24). The summed E-state index contributed by atoms with van der Waals surface area (Å²) in [4.78, 5) is 12.2. The number of nitrogens with one attached hydrogen (secondary N) is 2. The molecule has 0 bridgehead atoms. The number of aryl methyl sites for hydroxylation is 1. The van der Waals surface area contributed by atoms with Gasteiger partial charge in [-0.2, -0.15) is 0 Å². The highest BCUT2D eigenvalue weighted by Crippen LogP contribution is 2.39. The number of anilines is 1. The zero-order valence-corrected chi connectivity index (χ0v) is 13.7. The molecule has 24 heavy (non-hydrogen) atoms. The summed E-state index contributed by atoms with van der Waals surface area (Å²) in [5, 5.41) is 19.3. The molecular weight excluding hydrogens is 311 g/mol. The number of nitrogens with zero attached hydrogens (tertiary/aromatic N) is 2. The van der Waals surface area contributed by atoms with E-state index >= 15 is 0 Å². The molecular formula is C17H21FN4O2. The number of hydrogen-bond acceptors (Lipinski definition) is 3. The quantitative estimate of drug-likeness (QED) is 0.787. The van der Waals surface area contributed by atoms with E-state index in [1.165, 1.54) is 12.1 Å². The second-order valence-corrected chi connectivity index (χ2v) is 6.49. The first-order valence-electron chi connectivity index (χ1n) is 7.94. The third-order valence-electron chi connectivity index (χ3n) is 4.39. The molecule has 0 spiro atoms. The monoisotopic (exact) mass is 332 g/mol. The van der Waals surface area contributed by atoms with Crippen LogP contribution >= 0.6 is 0 Å². The molecule has 1 aliphatic carbocycles. The van der Waals surface area contributed by atoms with Gasteiger partial charge in [0.15, 0.2) is 5.82 Å². The summed E-state index contributed by atoms with van der Waals surface area (Å²) in [7, 11) is 0. The van der Waals surface area contributed by atoms with Gasteiger partial charge in [-0.15, -0.1) is 5.10 Å². The van der Waals surface area contributed by atoms with E-state index in [2.05, 4.69) is 15.7 Å². The lowest BCUT2D eigenvalue weighted by molar-refractivity contribution is 0.159. The first kappa shape index (κ1) is 16.4. The molecule has 1 aromatic heterocycles. The maximum Gasteiger partial charge on any atom is 0.320 e. The van der Waals surface area contributed by atoms with Crippen LogP contribution in [-0.2, 0) is 0 Å². The summed E-state index contributed by atoms with van der Waals surface area (Å²) in [6.07, 6.45) is 2.01. The zero-order valence-electron chi connectivity index (χ0n) is 13.7. The van der Waals surface area contributed by atoms with Crippen LogP contribution in [0.2, 0.25) is 0 Å². The van der Waals surface area contributed by atoms with Gasteiger partial charge in [-0.25, -0.2) is 13.9 Å². The van der Waals surface area contributed by atoms with Crippen LogP contribution in [0.4, 0.5) is 15.0 Å². The number of urea groups is 1. The lowest BCUT2D eigenvalue weighted by atomic mass is 9.97. The van der Waals surface area contributed by atoms with Gasteiger partial charge >= 0.3 is 6.03 Å². The van der Waals surface area contributed by atoms with Crippen molar-refractivity contribution in [3.05, 3.63) is 41.8 Å². The average molecular weight is 332 g/mol. The molecule has 1 atom stereocenters. The third kappa shape index (κ3) is 3.41. The van der Waals surface area contributed by atoms with Crippen LogP contribution in [0.25, 0.3) is 5.69 Å². The molecule has 2 aromatic rings. The van der Waals surface area contributed by atoms with Crippen molar-refractivity contribution < 1.29 is 14.3 Å². The molecule has 1 saturated carbocycles. The molecule has 1 heterocycles. The van der Waals surface area contributed by atoms with Crippen molar-refractivity contribution >= 4 is 11.8 Å². The number of halogens is 1. The largest absolute Gasteiger partial charge is 0.394 e. The normalized spacial score (nSPS) is 16.5. The van der Waals surface area contributed by atoms with E-state index in [4.69, 9.17) is 0 Å². The van der Waals surface area contributed by atoms with Crippen molar-refractivity contribution in [1.82, 2.24) is 15.1 Å². The van der Waals surface area contributed by atoms with Crippen LogP contribution < -0.4 is 10.6 Å². The van der Waals surface area contributed by atoms with E-state index in [-0.39, 0.29) is 12.4 Å². The summed E-state index contributed by atoms with van der Waals surface area (Å²) in [5.74, 6) is 0.322. The van der Waals surface area contributed by atoms with Crippen LogP contribution in [0.5, 0.6) is 0 Å². The average Bonchev–Trinajstić information content (AvgIpc) is 3.32. The minimum absolute atomic E-state index is 0.109. The maximum atomic E-state index is 13.4. The Labute approximate surface area is 139 Å². The minimum atomic E-state index is -0.621. The van der Waals surface area contributed by atoms with E-state index in [1.807, 2.05) is 13.8 Å². The number of benzene rings is 1. The van der Waals surface area contributed by atoms with Crippen molar-refractivity contribution in [1.29, 1.82) is 0 Å². The van der Waals surface area contributed by atoms with Crippen LogP contribution in [0.1, 0.15) is 25.5 Å². The van der Waals surface area contributed by atoms with Crippen molar-refractivity contribution in [3.8, 4) is 5.69 Å². The Kier molecular flexibility index (Phi) is 4.28. The van der Waals surface area contributed by atoms with Gasteiger partial charge < -0.3 is 10.4 Å². The highest BCUT2D eigenvalue weighted by molar-refractivity contribution is 5.88. The van der Waals surface area contributed by atoms with E-state index in [1.54, 1.807) is 22.9 Å². The van der Waals surface area contributed by atoms with Gasteiger partial charge in [0, 0.05) is 11.8 Å². The highest BCUT2D eigenvalue weighted by Gasteiger charge is 2.42. The summed E-state index contributed by atoms with van der Waals surface area (Å²) >= 11 is 0. The molecule has 0 aliphatic heterocycles. The molecule has 3 rings (SSSR count). The number of aliphatic hydroxyl groups is 1. The van der Waals surface area contributed by atoms with Crippen molar-refractivity contribution in [2.75, 3.05) is 11.9 Å². The molecule has 7 heteroatoms. The van der Waals surface area contributed by atoms with Crippen LogP contribution in [0.15, 0.2) is 30.3 Å². The van der Waals surface area contributed by atoms with Gasteiger partial charge in [-0.05, 0) is 50.8 Å². The van der Waals surface area contributed by atoms with E-state index in [9.17, 15) is 14.3 Å². The highest BCUT2D eigenvalue weighted by atomic mass is 19.1. The number of carbonyl (C=O) groups is 1. The minimum Gasteiger partial charge on any atom is -0.394 e. The second-order valence-electron chi connectivity index (χ2n) is 6.49. The van der Waals surface area contributed by atoms with Gasteiger partial charge in [-0.1, -0.05) is 6.07 Å². The summed E-state index contributed by atoms with van der Waals surface area (Å²) in [6.45, 7) is 3.55. The number of rotatable bonds is 5. The molecule has 0 saturated heterocycles. The Morgan fingerprint density at radius 2 is 2.21 bits per heavy atom. The summed E-state index contributed by atoms with van der Waals surface area (Å²) in [5.41, 5.74) is 0.728. The van der Waals surface area contributed by atoms with Crippen molar-refractivity contribution in [2.45, 2.75) is 32.2 Å². The smallest absolute Gasteiger partial charge is 0.320 e. The molecule has 3 N–H and O–H groups in total. The van der Waals surface area contributed by atoms with Crippen molar-refractivity contribution in [3.63, 3.8) is 0 Å². The molecule has 128 valence electrons. The zero-order chi connectivity index (χ0) is 17.3. The van der Waals surface area contributed by atoms with E-state index in [0.717, 1.165) is 18.5 Å². The van der Waals surface area contributed by atoms with Crippen LogP contribution in [-0.4, -0.2) is 33.1 Å². The Hall–Kier alpha value is -2.41. The van der Waals surface area contributed by atoms with Gasteiger partial charge in [-0.3, -0.25) is 5.32 Å². The fourth-order valence-electron chi connectivity index (χ4n) is 2.80. The summed E-state index contributed by atoms with van der Waals surface area (Å²) < 4.78 is 14.9. The SMILES string of the molecule is Cc1cc(NC(=O)NC(C)(CO)C2CC2)nn1-c1cccc(F)c1. The second kappa shape index (κ2) is 6.24. The number of hydrogen-bond donors (Lipinski definition) is 3. The molecule has 1 aromatic carbocycles. The lowest BCUT2D eigenvalue weighted by Gasteiger charge is -2.28. The molecule has 2 amide bonds. The number of aromatic nitrogens is 2. The fraction of sp³-hybridized carbons (Fsp3) is 0.412. The Morgan fingerprint density at radius 1 is 1.46 bits per heavy atom. The van der Waals surface area contributed by atoms with Gasteiger partial charge in [0.2, 0.25) is 0 Å². The Morgan fingerprint density at radius 3 is 2.83 bits per heavy atom. The number of aliphatic hydroxyl groups excluding tert-OH is 1. The topological polar surface area (TPSA) is 79.2 Å². The van der Waals surface area contributed by atoms with Gasteiger partial charge in [0.25, 0.3) is 0 Å². The lowest BCUT2D eigenvalue weighted by Crippen LogP contribution is -2.52. The molecule has 1 unspecified atom stereocenters.